The Morgan fingerprint density at radius 1 is 1.18 bits per heavy atom. The van der Waals surface area contributed by atoms with E-state index in [0.29, 0.717) is 37.9 Å². The summed E-state index contributed by atoms with van der Waals surface area (Å²) < 4.78 is 14.9. The predicted octanol–water partition coefficient (Wildman–Crippen LogP) is 2.90. The molecule has 4 nitrogen and oxygen atoms in total. The maximum atomic E-state index is 14.9. The Hall–Kier alpha value is -2.48. The molecule has 0 amide bonds. The summed E-state index contributed by atoms with van der Waals surface area (Å²) in [6, 6.07) is 11.2. The maximum Gasteiger partial charge on any atom is 0.128 e. The Morgan fingerprint density at radius 2 is 2.00 bits per heavy atom. The topological polar surface area (TPSA) is 52.8 Å². The van der Waals surface area contributed by atoms with E-state index in [0.717, 1.165) is 11.5 Å². The van der Waals surface area contributed by atoms with Crippen molar-refractivity contribution >= 4 is 5.82 Å². The quantitative estimate of drug-likeness (QED) is 0.874. The normalized spacial score (nSPS) is 17.0. The minimum atomic E-state index is -1.20. The molecule has 22 heavy (non-hydrogen) atoms. The fourth-order valence-corrected chi connectivity index (χ4v) is 2.78. The lowest BCUT2D eigenvalue weighted by molar-refractivity contribution is 0.124. The SMILES string of the molecule is N#Cc1ccc(N2CCC(F)(Cc3ccccn3)CC2)nc1. The van der Waals surface area contributed by atoms with E-state index >= 15 is 0 Å². The Bertz CT molecular complexity index is 655. The third-order valence-corrected chi connectivity index (χ3v) is 4.08. The lowest BCUT2D eigenvalue weighted by Crippen LogP contribution is -2.43. The van der Waals surface area contributed by atoms with Crippen molar-refractivity contribution in [3.63, 3.8) is 0 Å². The average Bonchev–Trinajstić information content (AvgIpc) is 2.56. The molecule has 0 spiro atoms. The van der Waals surface area contributed by atoms with Crippen LogP contribution in [0.5, 0.6) is 0 Å². The molecule has 2 aromatic rings. The zero-order chi connectivity index (χ0) is 15.4. The van der Waals surface area contributed by atoms with Crippen LogP contribution in [0.3, 0.4) is 0 Å². The molecular weight excluding hydrogens is 279 g/mol. The summed E-state index contributed by atoms with van der Waals surface area (Å²) >= 11 is 0. The molecule has 0 N–H and O–H groups in total. The summed E-state index contributed by atoms with van der Waals surface area (Å²) in [5.41, 5.74) is 0.142. The summed E-state index contributed by atoms with van der Waals surface area (Å²) in [6.07, 6.45) is 4.55. The number of pyridine rings is 2. The second-order valence-corrected chi connectivity index (χ2v) is 5.65. The second kappa shape index (κ2) is 6.10. The largest absolute Gasteiger partial charge is 0.356 e. The van der Waals surface area contributed by atoms with Gasteiger partial charge in [0.15, 0.2) is 0 Å². The van der Waals surface area contributed by atoms with E-state index in [1.807, 2.05) is 30.3 Å². The van der Waals surface area contributed by atoms with E-state index in [9.17, 15) is 4.39 Å². The molecule has 2 aromatic heterocycles. The van der Waals surface area contributed by atoms with Crippen LogP contribution in [0.1, 0.15) is 24.1 Å². The molecule has 5 heteroatoms. The van der Waals surface area contributed by atoms with E-state index in [1.54, 1.807) is 18.5 Å². The number of piperidine rings is 1. The fraction of sp³-hybridized carbons (Fsp3) is 0.353. The fourth-order valence-electron chi connectivity index (χ4n) is 2.78. The molecule has 0 unspecified atom stereocenters. The molecule has 112 valence electrons. The number of hydrogen-bond donors (Lipinski definition) is 0. The Labute approximate surface area is 129 Å². The van der Waals surface area contributed by atoms with Gasteiger partial charge in [0.2, 0.25) is 0 Å². The maximum absolute atomic E-state index is 14.9. The van der Waals surface area contributed by atoms with Gasteiger partial charge >= 0.3 is 0 Å². The first-order valence-corrected chi connectivity index (χ1v) is 7.38. The second-order valence-electron chi connectivity index (χ2n) is 5.65. The summed E-state index contributed by atoms with van der Waals surface area (Å²) in [4.78, 5) is 10.6. The number of anilines is 1. The van der Waals surface area contributed by atoms with Gasteiger partial charge in [0, 0.05) is 37.6 Å². The van der Waals surface area contributed by atoms with Crippen LogP contribution in [0.15, 0.2) is 42.7 Å². The van der Waals surface area contributed by atoms with E-state index in [4.69, 9.17) is 5.26 Å². The summed E-state index contributed by atoms with van der Waals surface area (Å²) in [7, 11) is 0. The molecular formula is C17H17FN4. The monoisotopic (exact) mass is 296 g/mol. The minimum Gasteiger partial charge on any atom is -0.356 e. The van der Waals surface area contributed by atoms with Gasteiger partial charge in [0.1, 0.15) is 17.6 Å². The molecule has 1 saturated heterocycles. The molecule has 0 radical (unpaired) electrons. The highest BCUT2D eigenvalue weighted by molar-refractivity contribution is 5.42. The highest BCUT2D eigenvalue weighted by atomic mass is 19.1. The number of hydrogen-bond acceptors (Lipinski definition) is 4. The van der Waals surface area contributed by atoms with Gasteiger partial charge in [-0.3, -0.25) is 4.98 Å². The van der Waals surface area contributed by atoms with Crippen molar-refractivity contribution in [3.05, 3.63) is 54.0 Å². The minimum absolute atomic E-state index is 0.364. The van der Waals surface area contributed by atoms with Crippen molar-refractivity contribution < 1.29 is 4.39 Å². The van der Waals surface area contributed by atoms with E-state index < -0.39 is 5.67 Å². The molecule has 3 heterocycles. The molecule has 0 aromatic carbocycles. The van der Waals surface area contributed by atoms with Crippen LogP contribution in [0, 0.1) is 11.3 Å². The lowest BCUT2D eigenvalue weighted by Gasteiger charge is -2.37. The summed E-state index contributed by atoms with van der Waals surface area (Å²) in [5.74, 6) is 0.805. The Balaban J connectivity index is 1.63. The lowest BCUT2D eigenvalue weighted by atomic mass is 9.88. The van der Waals surface area contributed by atoms with E-state index in [-0.39, 0.29) is 0 Å². The van der Waals surface area contributed by atoms with Gasteiger partial charge in [-0.1, -0.05) is 6.07 Å². The van der Waals surface area contributed by atoms with E-state index in [1.165, 1.54) is 0 Å². The molecule has 3 rings (SSSR count). The zero-order valence-electron chi connectivity index (χ0n) is 12.2. The third kappa shape index (κ3) is 3.22. The van der Waals surface area contributed by atoms with Crippen molar-refractivity contribution in [1.29, 1.82) is 5.26 Å². The number of nitrogens with zero attached hydrogens (tertiary/aromatic N) is 4. The average molecular weight is 296 g/mol. The number of aromatic nitrogens is 2. The third-order valence-electron chi connectivity index (χ3n) is 4.08. The van der Waals surface area contributed by atoms with Gasteiger partial charge in [-0.25, -0.2) is 9.37 Å². The standard InChI is InChI=1S/C17H17FN4/c18-17(11-15-3-1-2-8-20-15)6-9-22(10-7-17)16-5-4-14(12-19)13-21-16/h1-5,8,13H,6-7,9-11H2. The van der Waals surface area contributed by atoms with Gasteiger partial charge < -0.3 is 4.90 Å². The van der Waals surface area contributed by atoms with Crippen molar-refractivity contribution in [1.82, 2.24) is 9.97 Å². The molecule has 1 fully saturated rings. The highest BCUT2D eigenvalue weighted by Gasteiger charge is 2.35. The summed E-state index contributed by atoms with van der Waals surface area (Å²) in [5, 5.41) is 8.79. The first kappa shape index (κ1) is 14.5. The van der Waals surface area contributed by atoms with Crippen LogP contribution in [-0.2, 0) is 6.42 Å². The van der Waals surface area contributed by atoms with Gasteiger partial charge in [-0.05, 0) is 37.1 Å². The molecule has 1 aliphatic rings. The first-order valence-electron chi connectivity index (χ1n) is 7.38. The number of rotatable bonds is 3. The van der Waals surface area contributed by atoms with Crippen LogP contribution >= 0.6 is 0 Å². The van der Waals surface area contributed by atoms with Crippen LogP contribution in [0.25, 0.3) is 0 Å². The number of nitriles is 1. The van der Waals surface area contributed by atoms with Crippen LogP contribution in [0.4, 0.5) is 10.2 Å². The van der Waals surface area contributed by atoms with Crippen molar-refractivity contribution in [2.75, 3.05) is 18.0 Å². The van der Waals surface area contributed by atoms with Crippen LogP contribution in [0.2, 0.25) is 0 Å². The zero-order valence-corrected chi connectivity index (χ0v) is 12.2. The summed E-state index contributed by atoms with van der Waals surface area (Å²) in [6.45, 7) is 1.25. The van der Waals surface area contributed by atoms with Crippen molar-refractivity contribution in [2.24, 2.45) is 0 Å². The molecule has 0 atom stereocenters. The predicted molar refractivity (Wildman–Crippen MR) is 82.2 cm³/mol. The van der Waals surface area contributed by atoms with Crippen molar-refractivity contribution in [2.45, 2.75) is 24.9 Å². The molecule has 0 saturated carbocycles. The van der Waals surface area contributed by atoms with Crippen LogP contribution < -0.4 is 4.90 Å². The van der Waals surface area contributed by atoms with Crippen molar-refractivity contribution in [3.8, 4) is 6.07 Å². The highest BCUT2D eigenvalue weighted by Crippen LogP contribution is 2.31. The van der Waals surface area contributed by atoms with Gasteiger partial charge in [0.25, 0.3) is 0 Å². The van der Waals surface area contributed by atoms with E-state index in [2.05, 4.69) is 14.9 Å². The number of halogens is 1. The molecule has 0 bridgehead atoms. The Morgan fingerprint density at radius 3 is 2.59 bits per heavy atom. The smallest absolute Gasteiger partial charge is 0.128 e. The van der Waals surface area contributed by atoms with Crippen LogP contribution in [-0.4, -0.2) is 28.7 Å². The van der Waals surface area contributed by atoms with Gasteiger partial charge in [-0.2, -0.15) is 5.26 Å². The van der Waals surface area contributed by atoms with Gasteiger partial charge in [0.05, 0.1) is 5.56 Å². The molecule has 1 aliphatic heterocycles. The van der Waals surface area contributed by atoms with Gasteiger partial charge in [-0.15, -0.1) is 0 Å². The first-order chi connectivity index (χ1) is 10.7. The Kier molecular flexibility index (Phi) is 4.01. The number of alkyl halides is 1. The molecule has 0 aliphatic carbocycles.